The largest absolute Gasteiger partial charge is 0.462 e. The van der Waals surface area contributed by atoms with Crippen LogP contribution in [0.25, 0.3) is 0 Å². The number of carbonyl (C=O) groups excluding carboxylic acids is 1. The Morgan fingerprint density at radius 1 is 1.48 bits per heavy atom. The zero-order valence-corrected chi connectivity index (χ0v) is 12.8. The van der Waals surface area contributed by atoms with Crippen LogP contribution in [0.2, 0.25) is 0 Å². The number of hydrogen-bond donors (Lipinski definition) is 1. The Kier molecular flexibility index (Phi) is 5.44. The summed E-state index contributed by atoms with van der Waals surface area (Å²) < 4.78 is 10.9. The van der Waals surface area contributed by atoms with Crippen LogP contribution in [0.1, 0.15) is 36.0 Å². The maximum absolute atomic E-state index is 12.2. The number of nitrogen functional groups attached to an aromatic ring is 1. The maximum Gasteiger partial charge on any atom is 0.340 e. The van der Waals surface area contributed by atoms with Crippen molar-refractivity contribution in [1.82, 2.24) is 0 Å². The summed E-state index contributed by atoms with van der Waals surface area (Å²) in [5, 5.41) is 0. The Bertz CT molecular complexity index is 482. The van der Waals surface area contributed by atoms with E-state index >= 15 is 0 Å². The Hall–Kier alpha value is -1.75. The molecule has 1 aliphatic rings. The van der Waals surface area contributed by atoms with Crippen LogP contribution in [0.3, 0.4) is 0 Å². The first-order valence-electron chi connectivity index (χ1n) is 7.43. The molecule has 1 aromatic rings. The fourth-order valence-electron chi connectivity index (χ4n) is 2.53. The number of rotatable bonds is 6. The zero-order valence-electron chi connectivity index (χ0n) is 12.8. The predicted molar refractivity (Wildman–Crippen MR) is 83.7 cm³/mol. The summed E-state index contributed by atoms with van der Waals surface area (Å²) in [4.78, 5) is 14.1. The van der Waals surface area contributed by atoms with E-state index in [1.54, 1.807) is 12.1 Å². The fraction of sp³-hybridized carbons (Fsp3) is 0.562. The minimum Gasteiger partial charge on any atom is -0.462 e. The zero-order chi connectivity index (χ0) is 15.2. The molecule has 0 aromatic heterocycles. The van der Waals surface area contributed by atoms with Crippen molar-refractivity contribution in [2.75, 3.05) is 37.9 Å². The quantitative estimate of drug-likeness (QED) is 0.495. The number of nitrogens with zero attached hydrogens (tertiary/aromatic N) is 1. The molecule has 1 aliphatic heterocycles. The molecule has 21 heavy (non-hydrogen) atoms. The number of ether oxygens (including phenoxy) is 2. The second kappa shape index (κ2) is 7.31. The average Bonchev–Trinajstić information content (AvgIpc) is 2.96. The van der Waals surface area contributed by atoms with Crippen LogP contribution in [0.15, 0.2) is 18.2 Å². The highest BCUT2D eigenvalue weighted by atomic mass is 16.5. The molecule has 0 saturated carbocycles. The minimum atomic E-state index is -0.321. The van der Waals surface area contributed by atoms with Crippen molar-refractivity contribution in [2.45, 2.75) is 31.8 Å². The van der Waals surface area contributed by atoms with Gasteiger partial charge in [-0.15, -0.1) is 0 Å². The maximum atomic E-state index is 12.2. The molecule has 0 radical (unpaired) electrons. The van der Waals surface area contributed by atoms with E-state index in [-0.39, 0.29) is 5.97 Å². The number of hydrogen-bond acceptors (Lipinski definition) is 5. The van der Waals surface area contributed by atoms with Crippen molar-refractivity contribution >= 4 is 17.3 Å². The van der Waals surface area contributed by atoms with Gasteiger partial charge in [-0.1, -0.05) is 0 Å². The minimum absolute atomic E-state index is 0.321. The van der Waals surface area contributed by atoms with Crippen LogP contribution in [0.5, 0.6) is 0 Å². The highest BCUT2D eigenvalue weighted by Crippen LogP contribution is 2.22. The van der Waals surface area contributed by atoms with Gasteiger partial charge in [-0.2, -0.15) is 0 Å². The van der Waals surface area contributed by atoms with E-state index in [4.69, 9.17) is 15.2 Å². The van der Waals surface area contributed by atoms with Gasteiger partial charge >= 0.3 is 5.97 Å². The molecular formula is C16H24N2O3. The van der Waals surface area contributed by atoms with Gasteiger partial charge in [0.05, 0.1) is 24.0 Å². The van der Waals surface area contributed by atoms with E-state index in [0.29, 0.717) is 24.0 Å². The van der Waals surface area contributed by atoms with Crippen LogP contribution in [-0.2, 0) is 9.47 Å². The lowest BCUT2D eigenvalue weighted by Gasteiger charge is -2.17. The molecule has 1 atom stereocenters. The smallest absolute Gasteiger partial charge is 0.340 e. The second-order valence-electron chi connectivity index (χ2n) is 5.58. The second-order valence-corrected chi connectivity index (χ2v) is 5.58. The monoisotopic (exact) mass is 292 g/mol. The van der Waals surface area contributed by atoms with E-state index < -0.39 is 0 Å². The van der Waals surface area contributed by atoms with Crippen molar-refractivity contribution in [3.8, 4) is 0 Å². The molecule has 5 heteroatoms. The number of esters is 1. The van der Waals surface area contributed by atoms with Gasteiger partial charge in [-0.3, -0.25) is 0 Å². The first-order valence-corrected chi connectivity index (χ1v) is 7.43. The molecule has 2 rings (SSSR count). The third kappa shape index (κ3) is 4.36. The highest BCUT2D eigenvalue weighted by Gasteiger charge is 2.17. The number of benzene rings is 1. The summed E-state index contributed by atoms with van der Waals surface area (Å²) in [5.74, 6) is -0.321. The molecule has 1 aromatic carbocycles. The lowest BCUT2D eigenvalue weighted by Crippen LogP contribution is -2.16. The van der Waals surface area contributed by atoms with Crippen LogP contribution < -0.4 is 10.6 Å². The van der Waals surface area contributed by atoms with Crippen LogP contribution in [-0.4, -0.2) is 39.4 Å². The van der Waals surface area contributed by atoms with Gasteiger partial charge in [0.1, 0.15) is 0 Å². The standard InChI is InChI=1S/C16H24N2O3/c1-18(2)15-8-7-12(17)11-14(15)16(19)21-10-4-6-13-5-3-9-20-13/h7-8,11,13H,3-6,9-10,17H2,1-2H3. The number of anilines is 2. The van der Waals surface area contributed by atoms with E-state index in [1.807, 2.05) is 25.1 Å². The summed E-state index contributed by atoms with van der Waals surface area (Å²) in [7, 11) is 3.78. The van der Waals surface area contributed by atoms with Gasteiger partial charge in [0, 0.05) is 26.4 Å². The molecule has 1 unspecified atom stereocenters. The molecule has 1 saturated heterocycles. The average molecular weight is 292 g/mol. The highest BCUT2D eigenvalue weighted by molar-refractivity contribution is 5.96. The Morgan fingerprint density at radius 3 is 2.95 bits per heavy atom. The van der Waals surface area contributed by atoms with Gasteiger partial charge in [-0.05, 0) is 43.9 Å². The lowest BCUT2D eigenvalue weighted by molar-refractivity contribution is 0.0462. The summed E-state index contributed by atoms with van der Waals surface area (Å²) in [6.45, 7) is 1.28. The Morgan fingerprint density at radius 2 is 2.29 bits per heavy atom. The topological polar surface area (TPSA) is 64.8 Å². The molecule has 0 amide bonds. The van der Waals surface area contributed by atoms with Gasteiger partial charge in [-0.25, -0.2) is 4.79 Å². The predicted octanol–water partition coefficient (Wildman–Crippen LogP) is 2.45. The van der Waals surface area contributed by atoms with Crippen LogP contribution >= 0.6 is 0 Å². The molecule has 1 heterocycles. The van der Waals surface area contributed by atoms with E-state index in [9.17, 15) is 4.79 Å². The number of carbonyl (C=O) groups is 1. The molecule has 1 fully saturated rings. The van der Waals surface area contributed by atoms with Gasteiger partial charge < -0.3 is 20.1 Å². The van der Waals surface area contributed by atoms with Crippen LogP contribution in [0, 0.1) is 0 Å². The summed E-state index contributed by atoms with van der Waals surface area (Å²) in [6.07, 6.45) is 4.38. The van der Waals surface area contributed by atoms with Gasteiger partial charge in [0.2, 0.25) is 0 Å². The van der Waals surface area contributed by atoms with Crippen LogP contribution in [0.4, 0.5) is 11.4 Å². The van der Waals surface area contributed by atoms with Gasteiger partial charge in [0.25, 0.3) is 0 Å². The molecule has 116 valence electrons. The van der Waals surface area contributed by atoms with Crippen molar-refractivity contribution in [3.05, 3.63) is 23.8 Å². The van der Waals surface area contributed by atoms with E-state index in [0.717, 1.165) is 38.0 Å². The first kappa shape index (κ1) is 15.6. The summed E-state index contributed by atoms with van der Waals surface area (Å²) in [5.41, 5.74) is 7.65. The molecule has 0 bridgehead atoms. The van der Waals surface area contributed by atoms with E-state index in [1.165, 1.54) is 0 Å². The lowest BCUT2D eigenvalue weighted by atomic mass is 10.1. The summed E-state index contributed by atoms with van der Waals surface area (Å²) >= 11 is 0. The van der Waals surface area contributed by atoms with E-state index in [2.05, 4.69) is 0 Å². The number of nitrogens with two attached hydrogens (primary N) is 1. The van der Waals surface area contributed by atoms with Crippen molar-refractivity contribution in [3.63, 3.8) is 0 Å². The Balaban J connectivity index is 1.86. The normalized spacial score (nSPS) is 17.7. The molecule has 0 spiro atoms. The van der Waals surface area contributed by atoms with Gasteiger partial charge in [0.15, 0.2) is 0 Å². The summed E-state index contributed by atoms with van der Waals surface area (Å²) in [6, 6.07) is 5.28. The third-order valence-electron chi connectivity index (χ3n) is 3.65. The SMILES string of the molecule is CN(C)c1ccc(N)cc1C(=O)OCCCC1CCCO1. The molecular weight excluding hydrogens is 268 g/mol. The first-order chi connectivity index (χ1) is 10.1. The van der Waals surface area contributed by atoms with Crippen molar-refractivity contribution < 1.29 is 14.3 Å². The van der Waals surface area contributed by atoms with Crippen molar-refractivity contribution in [1.29, 1.82) is 0 Å². The third-order valence-corrected chi connectivity index (χ3v) is 3.65. The molecule has 2 N–H and O–H groups in total. The molecule has 0 aliphatic carbocycles. The van der Waals surface area contributed by atoms with Crippen molar-refractivity contribution in [2.24, 2.45) is 0 Å². The fourth-order valence-corrected chi connectivity index (χ4v) is 2.53. The Labute approximate surface area is 126 Å². The molecule has 5 nitrogen and oxygen atoms in total.